The van der Waals surface area contributed by atoms with Crippen LogP contribution in [0.3, 0.4) is 0 Å². The fourth-order valence-electron chi connectivity index (χ4n) is 2.99. The lowest BCUT2D eigenvalue weighted by atomic mass is 10.00. The third-order valence-electron chi connectivity index (χ3n) is 4.42. The molecule has 1 amide bonds. The molecule has 23 heavy (non-hydrogen) atoms. The second-order valence-corrected chi connectivity index (χ2v) is 6.14. The van der Waals surface area contributed by atoms with Crippen molar-refractivity contribution in [1.29, 1.82) is 0 Å². The van der Waals surface area contributed by atoms with Crippen molar-refractivity contribution in [2.24, 2.45) is 5.92 Å². The Balaban J connectivity index is 1.78. The summed E-state index contributed by atoms with van der Waals surface area (Å²) in [4.78, 5) is 14.4. The van der Waals surface area contributed by atoms with Crippen molar-refractivity contribution >= 4 is 5.91 Å². The number of nitrogens with zero attached hydrogens (tertiary/aromatic N) is 1. The van der Waals surface area contributed by atoms with Gasteiger partial charge in [0.1, 0.15) is 11.6 Å². The zero-order valence-corrected chi connectivity index (χ0v) is 13.1. The van der Waals surface area contributed by atoms with Crippen LogP contribution >= 0.6 is 0 Å². The molecule has 4 heteroatoms. The van der Waals surface area contributed by atoms with Crippen LogP contribution in [0.2, 0.25) is 0 Å². The van der Waals surface area contributed by atoms with Crippen molar-refractivity contribution in [2.75, 3.05) is 7.05 Å². The van der Waals surface area contributed by atoms with Crippen molar-refractivity contribution in [3.8, 4) is 5.75 Å². The maximum absolute atomic E-state index is 13.2. The number of phenols is 1. The number of hydrogen-bond acceptors (Lipinski definition) is 2. The summed E-state index contributed by atoms with van der Waals surface area (Å²) < 4.78 is 13.2. The lowest BCUT2D eigenvalue weighted by molar-refractivity contribution is -0.131. The summed E-state index contributed by atoms with van der Waals surface area (Å²) >= 11 is 0. The summed E-state index contributed by atoms with van der Waals surface area (Å²) in [6.07, 6.45) is 2.32. The Morgan fingerprint density at radius 3 is 2.48 bits per heavy atom. The Bertz CT molecular complexity index is 695. The summed E-state index contributed by atoms with van der Waals surface area (Å²) in [6.45, 7) is 0. The molecule has 0 spiro atoms. The van der Waals surface area contributed by atoms with E-state index in [4.69, 9.17) is 0 Å². The van der Waals surface area contributed by atoms with Gasteiger partial charge in [-0.3, -0.25) is 4.79 Å². The van der Waals surface area contributed by atoms with Crippen molar-refractivity contribution < 1.29 is 14.3 Å². The summed E-state index contributed by atoms with van der Waals surface area (Å²) in [6, 6.07) is 13.2. The van der Waals surface area contributed by atoms with Crippen molar-refractivity contribution in [3.63, 3.8) is 0 Å². The van der Waals surface area contributed by atoms with Crippen LogP contribution in [0, 0.1) is 11.7 Å². The zero-order valence-electron chi connectivity index (χ0n) is 13.1. The van der Waals surface area contributed by atoms with E-state index >= 15 is 0 Å². The van der Waals surface area contributed by atoms with E-state index in [2.05, 4.69) is 0 Å². The fraction of sp³-hybridized carbons (Fsp3) is 0.316. The molecular formula is C19H20FNO2. The molecule has 2 aromatic carbocycles. The second-order valence-electron chi connectivity index (χ2n) is 6.14. The van der Waals surface area contributed by atoms with E-state index in [0.717, 1.165) is 18.4 Å². The minimum atomic E-state index is -0.272. The van der Waals surface area contributed by atoms with Crippen molar-refractivity contribution in [3.05, 3.63) is 65.5 Å². The molecule has 0 bridgehead atoms. The molecule has 3 rings (SSSR count). The number of carbonyl (C=O) groups is 1. The number of para-hydroxylation sites is 1. The van der Waals surface area contributed by atoms with Crippen molar-refractivity contribution in [1.82, 2.24) is 4.90 Å². The third-order valence-corrected chi connectivity index (χ3v) is 4.42. The average Bonchev–Trinajstić information content (AvgIpc) is 3.36. The molecule has 1 aliphatic rings. The number of rotatable bonds is 5. The molecule has 1 N–H and O–H groups in total. The first-order chi connectivity index (χ1) is 11.1. The van der Waals surface area contributed by atoms with Gasteiger partial charge in [-0.05, 0) is 42.5 Å². The summed E-state index contributed by atoms with van der Waals surface area (Å²) in [5, 5.41) is 9.84. The molecule has 0 heterocycles. The molecule has 1 fully saturated rings. The van der Waals surface area contributed by atoms with Crippen LogP contribution in [0.5, 0.6) is 5.75 Å². The van der Waals surface area contributed by atoms with Crippen LogP contribution in [0.15, 0.2) is 48.5 Å². The smallest absolute Gasteiger partial charge is 0.227 e. The van der Waals surface area contributed by atoms with Gasteiger partial charge in [0, 0.05) is 12.6 Å². The largest absolute Gasteiger partial charge is 0.508 e. The Morgan fingerprint density at radius 1 is 1.22 bits per heavy atom. The lowest BCUT2D eigenvalue weighted by Gasteiger charge is -2.29. The predicted molar refractivity (Wildman–Crippen MR) is 86.4 cm³/mol. The Morgan fingerprint density at radius 2 is 1.87 bits per heavy atom. The number of benzene rings is 2. The number of carbonyl (C=O) groups excluding carboxylic acids is 1. The minimum absolute atomic E-state index is 0.0334. The number of phenolic OH excluding ortho intramolecular Hbond substituents is 1. The van der Waals surface area contributed by atoms with E-state index in [0.29, 0.717) is 11.5 Å². The van der Waals surface area contributed by atoms with Gasteiger partial charge in [0.05, 0.1) is 12.5 Å². The number of halogens is 1. The van der Waals surface area contributed by atoms with Crippen LogP contribution in [0.25, 0.3) is 0 Å². The number of likely N-dealkylation sites (N-methyl/N-ethyl adjacent to an activating group) is 1. The highest BCUT2D eigenvalue weighted by Crippen LogP contribution is 2.44. The lowest BCUT2D eigenvalue weighted by Crippen LogP contribution is -2.33. The van der Waals surface area contributed by atoms with E-state index in [1.165, 1.54) is 12.1 Å². The highest BCUT2D eigenvalue weighted by molar-refractivity contribution is 5.79. The predicted octanol–water partition coefficient (Wildman–Crippen LogP) is 3.68. The van der Waals surface area contributed by atoms with E-state index in [9.17, 15) is 14.3 Å². The standard InChI is InChI=1S/C19H20FNO2/c1-21(18(23)12-15-4-2-3-5-17(15)22)19(13-6-7-13)14-8-10-16(20)11-9-14/h2-5,8-11,13,19,22H,6-7,12H2,1H3/t19-/m1/s1. The van der Waals surface area contributed by atoms with Crippen LogP contribution in [0.4, 0.5) is 4.39 Å². The molecule has 2 aromatic rings. The maximum atomic E-state index is 13.2. The molecule has 3 nitrogen and oxygen atoms in total. The quantitative estimate of drug-likeness (QED) is 0.914. The van der Waals surface area contributed by atoms with Crippen LogP contribution in [-0.4, -0.2) is 23.0 Å². The van der Waals surface area contributed by atoms with Gasteiger partial charge in [-0.2, -0.15) is 0 Å². The van der Waals surface area contributed by atoms with Gasteiger partial charge >= 0.3 is 0 Å². The second kappa shape index (κ2) is 6.41. The normalized spacial score (nSPS) is 15.2. The highest BCUT2D eigenvalue weighted by atomic mass is 19.1. The Kier molecular flexibility index (Phi) is 4.33. The molecule has 1 atom stereocenters. The Labute approximate surface area is 135 Å². The zero-order chi connectivity index (χ0) is 16.4. The highest BCUT2D eigenvalue weighted by Gasteiger charge is 2.36. The first kappa shape index (κ1) is 15.5. The number of aromatic hydroxyl groups is 1. The molecular weight excluding hydrogens is 293 g/mol. The minimum Gasteiger partial charge on any atom is -0.508 e. The van der Waals surface area contributed by atoms with E-state index in [1.54, 1.807) is 48.3 Å². The molecule has 120 valence electrons. The van der Waals surface area contributed by atoms with Gasteiger partial charge in [0.2, 0.25) is 5.91 Å². The van der Waals surface area contributed by atoms with Crippen LogP contribution < -0.4 is 0 Å². The SMILES string of the molecule is CN(C(=O)Cc1ccccc1O)[C@@H](c1ccc(F)cc1)C1CC1. The monoisotopic (exact) mass is 313 g/mol. The first-order valence-electron chi connectivity index (χ1n) is 7.84. The molecule has 1 aliphatic carbocycles. The third kappa shape index (κ3) is 3.52. The van der Waals surface area contributed by atoms with Gasteiger partial charge in [0.25, 0.3) is 0 Å². The topological polar surface area (TPSA) is 40.5 Å². The van der Waals surface area contributed by atoms with Gasteiger partial charge in [0.15, 0.2) is 0 Å². The van der Waals surface area contributed by atoms with E-state index < -0.39 is 0 Å². The maximum Gasteiger partial charge on any atom is 0.227 e. The molecule has 0 saturated heterocycles. The average molecular weight is 313 g/mol. The molecule has 0 unspecified atom stereocenters. The van der Waals surface area contributed by atoms with Gasteiger partial charge in [-0.15, -0.1) is 0 Å². The van der Waals surface area contributed by atoms with Crippen LogP contribution in [-0.2, 0) is 11.2 Å². The van der Waals surface area contributed by atoms with E-state index in [-0.39, 0.29) is 29.9 Å². The summed E-state index contributed by atoms with van der Waals surface area (Å²) in [5.41, 5.74) is 1.58. The number of hydrogen-bond donors (Lipinski definition) is 1. The van der Waals surface area contributed by atoms with Crippen molar-refractivity contribution in [2.45, 2.75) is 25.3 Å². The molecule has 0 aromatic heterocycles. The summed E-state index contributed by atoms with van der Waals surface area (Å²) in [7, 11) is 1.79. The van der Waals surface area contributed by atoms with E-state index in [1.807, 2.05) is 0 Å². The summed E-state index contributed by atoms with van der Waals surface area (Å²) in [5.74, 6) is 0.247. The molecule has 0 radical (unpaired) electrons. The number of amides is 1. The Hall–Kier alpha value is -2.36. The first-order valence-corrected chi connectivity index (χ1v) is 7.84. The van der Waals surface area contributed by atoms with Gasteiger partial charge < -0.3 is 10.0 Å². The van der Waals surface area contributed by atoms with Crippen LogP contribution in [0.1, 0.15) is 30.0 Å². The fourth-order valence-corrected chi connectivity index (χ4v) is 2.99. The molecule has 1 saturated carbocycles. The van der Waals surface area contributed by atoms with Gasteiger partial charge in [-0.25, -0.2) is 4.39 Å². The van der Waals surface area contributed by atoms with Gasteiger partial charge in [-0.1, -0.05) is 30.3 Å². The molecule has 0 aliphatic heterocycles.